The molecule has 0 aromatic heterocycles. The van der Waals surface area contributed by atoms with Crippen LogP contribution in [0.3, 0.4) is 0 Å². The lowest BCUT2D eigenvalue weighted by atomic mass is 10.1. The van der Waals surface area contributed by atoms with Gasteiger partial charge < -0.3 is 10.1 Å². The third-order valence-electron chi connectivity index (χ3n) is 4.28. The van der Waals surface area contributed by atoms with Crippen LogP contribution < -0.4 is 10.2 Å². The molecule has 0 bridgehead atoms. The molecule has 2 unspecified atom stereocenters. The van der Waals surface area contributed by atoms with Gasteiger partial charge in [-0.05, 0) is 48.9 Å². The smallest absolute Gasteiger partial charge is 0.338 e. The van der Waals surface area contributed by atoms with Gasteiger partial charge in [-0.1, -0.05) is 6.92 Å². The standard InChI is InChI=1S/C16H20N2O3/c1-10-7-13(10)9-21-15(19)12-3-4-14(11(2)8-12)18-6-5-17-16(18)20/h3-4,8,10,13H,5-7,9H2,1-2H3,(H,17,20). The molecule has 21 heavy (non-hydrogen) atoms. The molecular formula is C16H20N2O3. The maximum atomic E-state index is 12.0. The minimum Gasteiger partial charge on any atom is -0.462 e. The second-order valence-corrected chi connectivity index (χ2v) is 5.96. The Bertz CT molecular complexity index is 585. The number of amides is 2. The van der Waals surface area contributed by atoms with Crippen LogP contribution in [0.4, 0.5) is 10.5 Å². The van der Waals surface area contributed by atoms with Gasteiger partial charge in [-0.15, -0.1) is 0 Å². The highest BCUT2D eigenvalue weighted by Gasteiger charge is 2.33. The lowest BCUT2D eigenvalue weighted by Gasteiger charge is -2.17. The average Bonchev–Trinajstić information content (AvgIpc) is 3.00. The van der Waals surface area contributed by atoms with Crippen molar-refractivity contribution in [3.8, 4) is 0 Å². The van der Waals surface area contributed by atoms with E-state index in [1.807, 2.05) is 13.0 Å². The van der Waals surface area contributed by atoms with Gasteiger partial charge >= 0.3 is 12.0 Å². The molecule has 112 valence electrons. The van der Waals surface area contributed by atoms with Crippen LogP contribution in [-0.4, -0.2) is 31.7 Å². The topological polar surface area (TPSA) is 58.6 Å². The lowest BCUT2D eigenvalue weighted by molar-refractivity contribution is 0.0481. The van der Waals surface area contributed by atoms with E-state index >= 15 is 0 Å². The summed E-state index contributed by atoms with van der Waals surface area (Å²) >= 11 is 0. The highest BCUT2D eigenvalue weighted by atomic mass is 16.5. The molecule has 2 aliphatic rings. The number of anilines is 1. The summed E-state index contributed by atoms with van der Waals surface area (Å²) in [5, 5.41) is 2.77. The van der Waals surface area contributed by atoms with E-state index in [-0.39, 0.29) is 12.0 Å². The molecule has 1 aromatic rings. The SMILES string of the molecule is Cc1cc(C(=O)OCC2CC2C)ccc1N1CCNC1=O. The van der Waals surface area contributed by atoms with Crippen LogP contribution in [0.5, 0.6) is 0 Å². The van der Waals surface area contributed by atoms with Crippen molar-refractivity contribution in [1.82, 2.24) is 5.32 Å². The molecule has 2 atom stereocenters. The van der Waals surface area contributed by atoms with Crippen molar-refractivity contribution in [3.63, 3.8) is 0 Å². The van der Waals surface area contributed by atoms with Crippen LogP contribution in [0.25, 0.3) is 0 Å². The van der Waals surface area contributed by atoms with Gasteiger partial charge in [0.15, 0.2) is 0 Å². The van der Waals surface area contributed by atoms with Crippen molar-refractivity contribution in [2.24, 2.45) is 11.8 Å². The molecule has 1 saturated heterocycles. The molecule has 2 amide bonds. The summed E-state index contributed by atoms with van der Waals surface area (Å²) in [6.07, 6.45) is 1.15. The zero-order valence-corrected chi connectivity index (χ0v) is 12.4. The Kier molecular flexibility index (Phi) is 3.57. The Morgan fingerprint density at radius 1 is 1.48 bits per heavy atom. The zero-order valence-electron chi connectivity index (χ0n) is 12.4. The van der Waals surface area contributed by atoms with E-state index in [1.54, 1.807) is 17.0 Å². The predicted octanol–water partition coefficient (Wildman–Crippen LogP) is 2.34. The first-order chi connectivity index (χ1) is 10.1. The second kappa shape index (κ2) is 5.39. The van der Waals surface area contributed by atoms with E-state index in [0.717, 1.165) is 17.7 Å². The lowest BCUT2D eigenvalue weighted by Crippen LogP contribution is -2.28. The highest BCUT2D eigenvalue weighted by Crippen LogP contribution is 2.37. The molecule has 0 spiro atoms. The summed E-state index contributed by atoms with van der Waals surface area (Å²) < 4.78 is 5.33. The molecule has 1 N–H and O–H groups in total. The van der Waals surface area contributed by atoms with Crippen molar-refractivity contribution in [2.45, 2.75) is 20.3 Å². The Morgan fingerprint density at radius 2 is 2.24 bits per heavy atom. The van der Waals surface area contributed by atoms with E-state index in [9.17, 15) is 9.59 Å². The Hall–Kier alpha value is -2.04. The van der Waals surface area contributed by atoms with Crippen molar-refractivity contribution >= 4 is 17.7 Å². The van der Waals surface area contributed by atoms with Gasteiger partial charge in [-0.25, -0.2) is 9.59 Å². The van der Waals surface area contributed by atoms with E-state index in [4.69, 9.17) is 4.74 Å². The number of rotatable bonds is 4. The zero-order chi connectivity index (χ0) is 15.0. The molecule has 1 aliphatic carbocycles. The van der Waals surface area contributed by atoms with Crippen molar-refractivity contribution in [2.75, 3.05) is 24.6 Å². The molecule has 0 radical (unpaired) electrons. The van der Waals surface area contributed by atoms with Crippen molar-refractivity contribution in [3.05, 3.63) is 29.3 Å². The molecule has 1 aliphatic heterocycles. The number of aryl methyl sites for hydroxylation is 1. The average molecular weight is 288 g/mol. The molecule has 5 nitrogen and oxygen atoms in total. The number of hydrogen-bond donors (Lipinski definition) is 1. The van der Waals surface area contributed by atoms with Gasteiger partial charge in [-0.2, -0.15) is 0 Å². The van der Waals surface area contributed by atoms with E-state index < -0.39 is 0 Å². The highest BCUT2D eigenvalue weighted by molar-refractivity contribution is 5.96. The first-order valence-corrected chi connectivity index (χ1v) is 7.39. The number of esters is 1. The predicted molar refractivity (Wildman–Crippen MR) is 79.5 cm³/mol. The van der Waals surface area contributed by atoms with E-state index in [0.29, 0.717) is 37.1 Å². The monoisotopic (exact) mass is 288 g/mol. The van der Waals surface area contributed by atoms with Gasteiger partial charge in [0.25, 0.3) is 0 Å². The van der Waals surface area contributed by atoms with Crippen LogP contribution in [0.2, 0.25) is 0 Å². The van der Waals surface area contributed by atoms with Gasteiger partial charge in [-0.3, -0.25) is 4.90 Å². The number of nitrogens with one attached hydrogen (secondary N) is 1. The fourth-order valence-electron chi connectivity index (χ4n) is 2.68. The van der Waals surface area contributed by atoms with Crippen LogP contribution in [0.15, 0.2) is 18.2 Å². The Balaban J connectivity index is 1.68. The van der Waals surface area contributed by atoms with Crippen molar-refractivity contribution < 1.29 is 14.3 Å². The summed E-state index contributed by atoms with van der Waals surface area (Å²) in [4.78, 5) is 25.4. The number of hydrogen-bond acceptors (Lipinski definition) is 3. The first-order valence-electron chi connectivity index (χ1n) is 7.39. The summed E-state index contributed by atoms with van der Waals surface area (Å²) in [5.74, 6) is 0.924. The molecule has 1 heterocycles. The van der Waals surface area contributed by atoms with Crippen LogP contribution in [-0.2, 0) is 4.74 Å². The third kappa shape index (κ3) is 2.86. The number of urea groups is 1. The maximum Gasteiger partial charge on any atom is 0.338 e. The molecule has 1 saturated carbocycles. The fraction of sp³-hybridized carbons (Fsp3) is 0.500. The van der Waals surface area contributed by atoms with Gasteiger partial charge in [0.2, 0.25) is 0 Å². The number of carbonyl (C=O) groups is 2. The maximum absolute atomic E-state index is 12.0. The van der Waals surface area contributed by atoms with Crippen LogP contribution >= 0.6 is 0 Å². The van der Waals surface area contributed by atoms with Gasteiger partial charge in [0.1, 0.15) is 0 Å². The number of ether oxygens (including phenoxy) is 1. The van der Waals surface area contributed by atoms with Gasteiger partial charge in [0.05, 0.1) is 12.2 Å². The minimum absolute atomic E-state index is 0.0869. The molecule has 3 rings (SSSR count). The largest absolute Gasteiger partial charge is 0.462 e. The van der Waals surface area contributed by atoms with E-state index in [1.165, 1.54) is 0 Å². The molecular weight excluding hydrogens is 268 g/mol. The summed E-state index contributed by atoms with van der Waals surface area (Å²) in [7, 11) is 0. The molecule has 5 heteroatoms. The second-order valence-electron chi connectivity index (χ2n) is 5.96. The fourth-order valence-corrected chi connectivity index (χ4v) is 2.68. The molecule has 1 aromatic carbocycles. The quantitative estimate of drug-likeness (QED) is 0.865. The normalized spacial score (nSPS) is 23.9. The van der Waals surface area contributed by atoms with Crippen LogP contribution in [0.1, 0.15) is 29.3 Å². The van der Waals surface area contributed by atoms with Crippen LogP contribution in [0, 0.1) is 18.8 Å². The summed E-state index contributed by atoms with van der Waals surface area (Å²) in [6, 6.07) is 5.25. The Labute approximate surface area is 124 Å². The van der Waals surface area contributed by atoms with Crippen molar-refractivity contribution in [1.29, 1.82) is 0 Å². The first kappa shape index (κ1) is 13.9. The number of nitrogens with zero attached hydrogens (tertiary/aromatic N) is 1. The summed E-state index contributed by atoms with van der Waals surface area (Å²) in [5.41, 5.74) is 2.29. The number of benzene rings is 1. The molecule has 2 fully saturated rings. The van der Waals surface area contributed by atoms with Gasteiger partial charge in [0, 0.05) is 18.8 Å². The number of carbonyl (C=O) groups excluding carboxylic acids is 2. The third-order valence-corrected chi connectivity index (χ3v) is 4.28. The van der Waals surface area contributed by atoms with E-state index in [2.05, 4.69) is 12.2 Å². The minimum atomic E-state index is -0.283. The summed E-state index contributed by atoms with van der Waals surface area (Å²) in [6.45, 7) is 5.89. The Morgan fingerprint density at radius 3 is 2.81 bits per heavy atom.